The molecule has 4 rings (SSSR count). The van der Waals surface area contributed by atoms with Gasteiger partial charge in [-0.3, -0.25) is 14.5 Å². The van der Waals surface area contributed by atoms with Crippen molar-refractivity contribution in [3.63, 3.8) is 0 Å². The highest BCUT2D eigenvalue weighted by molar-refractivity contribution is 6.51. The lowest BCUT2D eigenvalue weighted by molar-refractivity contribution is -0.132. The van der Waals surface area contributed by atoms with Gasteiger partial charge in [0.25, 0.3) is 11.7 Å². The third-order valence-electron chi connectivity index (χ3n) is 6.66. The maximum atomic E-state index is 13.4. The number of rotatable bonds is 6. The van der Waals surface area contributed by atoms with E-state index in [2.05, 4.69) is 13.8 Å². The monoisotopic (exact) mass is 485 g/mol. The van der Waals surface area contributed by atoms with Crippen LogP contribution in [0.15, 0.2) is 66.2 Å². The number of anilines is 1. The first-order valence-corrected chi connectivity index (χ1v) is 12.1. The zero-order chi connectivity index (χ0) is 26.1. The molecule has 6 nitrogen and oxygen atoms in total. The summed E-state index contributed by atoms with van der Waals surface area (Å²) in [5, 5.41) is 21.6. The highest BCUT2D eigenvalue weighted by Crippen LogP contribution is 2.44. The first kappa shape index (κ1) is 25.0. The summed E-state index contributed by atoms with van der Waals surface area (Å²) in [5.41, 5.74) is 4.63. The van der Waals surface area contributed by atoms with Crippen molar-refractivity contribution >= 4 is 23.1 Å². The molecule has 1 aliphatic rings. The molecule has 0 radical (unpaired) electrons. The van der Waals surface area contributed by atoms with E-state index in [4.69, 9.17) is 4.74 Å². The van der Waals surface area contributed by atoms with Crippen molar-refractivity contribution in [3.05, 3.63) is 94.1 Å². The van der Waals surface area contributed by atoms with Crippen LogP contribution in [0.25, 0.3) is 5.76 Å². The van der Waals surface area contributed by atoms with Gasteiger partial charge in [-0.05, 0) is 79.3 Å². The molecule has 186 valence electrons. The molecule has 1 unspecified atom stereocenters. The Morgan fingerprint density at radius 2 is 1.67 bits per heavy atom. The fourth-order valence-corrected chi connectivity index (χ4v) is 4.45. The molecule has 0 aliphatic carbocycles. The van der Waals surface area contributed by atoms with Crippen molar-refractivity contribution in [1.82, 2.24) is 0 Å². The minimum Gasteiger partial charge on any atom is -0.507 e. The Labute approximate surface area is 211 Å². The van der Waals surface area contributed by atoms with Crippen molar-refractivity contribution in [1.29, 1.82) is 0 Å². The number of hydrogen-bond donors (Lipinski definition) is 2. The number of phenolic OH excluding ortho intramolecular Hbond substituents is 1. The Kier molecular flexibility index (Phi) is 6.88. The summed E-state index contributed by atoms with van der Waals surface area (Å²) in [6.07, 6.45) is 0. The number of benzene rings is 3. The molecule has 3 aromatic rings. The van der Waals surface area contributed by atoms with Crippen LogP contribution in [-0.4, -0.2) is 28.5 Å². The molecular weight excluding hydrogens is 454 g/mol. The van der Waals surface area contributed by atoms with Crippen molar-refractivity contribution in [2.75, 3.05) is 11.5 Å². The molecule has 0 aromatic heterocycles. The van der Waals surface area contributed by atoms with Gasteiger partial charge in [0.1, 0.15) is 5.76 Å². The van der Waals surface area contributed by atoms with Crippen LogP contribution in [0.5, 0.6) is 11.5 Å². The lowest BCUT2D eigenvalue weighted by atomic mass is 9.93. The smallest absolute Gasteiger partial charge is 0.300 e. The Morgan fingerprint density at radius 1 is 0.972 bits per heavy atom. The number of aliphatic hydroxyl groups is 1. The number of amides is 1. The van der Waals surface area contributed by atoms with Gasteiger partial charge in [0, 0.05) is 11.3 Å². The third-order valence-corrected chi connectivity index (χ3v) is 6.66. The number of ketones is 1. The standard InChI is InChI=1S/C30H31NO5/c1-6-36-25-16-21(11-14-24(25)32)27-26(28(33)22-8-7-18(4)19(5)15-22)29(34)30(35)31(27)23-12-9-20(10-13-23)17(2)3/h7-17,27,32-33H,6H2,1-5H3/b28-26-. The molecular formula is C30H31NO5. The molecule has 1 saturated heterocycles. The van der Waals surface area contributed by atoms with Crippen LogP contribution in [0.4, 0.5) is 5.69 Å². The number of ether oxygens (including phenoxy) is 1. The highest BCUT2D eigenvalue weighted by atomic mass is 16.5. The quantitative estimate of drug-likeness (QED) is 0.248. The first-order chi connectivity index (χ1) is 17.1. The second-order valence-corrected chi connectivity index (χ2v) is 9.37. The number of Topliss-reactive ketones (excluding diaryl/α,β-unsaturated/α-hetero) is 1. The number of carbonyl (C=O) groups is 2. The molecule has 1 fully saturated rings. The summed E-state index contributed by atoms with van der Waals surface area (Å²) in [6.45, 7) is 10.2. The Morgan fingerprint density at radius 3 is 2.28 bits per heavy atom. The summed E-state index contributed by atoms with van der Waals surface area (Å²) in [5.74, 6) is -1.24. The number of aryl methyl sites for hydroxylation is 2. The Hall–Kier alpha value is -4.06. The van der Waals surface area contributed by atoms with Crippen LogP contribution in [0.1, 0.15) is 60.5 Å². The van der Waals surface area contributed by atoms with E-state index in [-0.39, 0.29) is 22.8 Å². The predicted octanol–water partition coefficient (Wildman–Crippen LogP) is 6.16. The van der Waals surface area contributed by atoms with Crippen molar-refractivity contribution in [2.24, 2.45) is 0 Å². The van der Waals surface area contributed by atoms with Crippen molar-refractivity contribution in [2.45, 2.75) is 46.6 Å². The largest absolute Gasteiger partial charge is 0.507 e. The third kappa shape index (κ3) is 4.47. The number of aromatic hydroxyl groups is 1. The summed E-state index contributed by atoms with van der Waals surface area (Å²) in [6, 6.07) is 16.7. The minimum atomic E-state index is -0.906. The second-order valence-electron chi connectivity index (χ2n) is 9.37. The van der Waals surface area contributed by atoms with Crippen LogP contribution in [0.2, 0.25) is 0 Å². The SMILES string of the molecule is CCOc1cc(C2/C(=C(/O)c3ccc(C)c(C)c3)C(=O)C(=O)N2c2ccc(C(C)C)cc2)ccc1O. The molecule has 2 N–H and O–H groups in total. The summed E-state index contributed by atoms with van der Waals surface area (Å²) < 4.78 is 5.57. The lowest BCUT2D eigenvalue weighted by Crippen LogP contribution is -2.29. The van der Waals surface area contributed by atoms with Gasteiger partial charge in [-0.2, -0.15) is 0 Å². The molecule has 36 heavy (non-hydrogen) atoms. The van der Waals surface area contributed by atoms with E-state index in [0.29, 0.717) is 29.3 Å². The molecule has 1 amide bonds. The van der Waals surface area contributed by atoms with Gasteiger partial charge in [0.15, 0.2) is 11.5 Å². The molecule has 1 aliphatic heterocycles. The zero-order valence-corrected chi connectivity index (χ0v) is 21.2. The average Bonchev–Trinajstić information content (AvgIpc) is 3.12. The van der Waals surface area contributed by atoms with E-state index in [1.807, 2.05) is 44.2 Å². The first-order valence-electron chi connectivity index (χ1n) is 12.1. The van der Waals surface area contributed by atoms with Gasteiger partial charge in [-0.25, -0.2) is 0 Å². The topological polar surface area (TPSA) is 87.1 Å². The summed E-state index contributed by atoms with van der Waals surface area (Å²) in [7, 11) is 0. The number of nitrogens with zero attached hydrogens (tertiary/aromatic N) is 1. The van der Waals surface area contributed by atoms with E-state index in [1.165, 1.54) is 11.0 Å². The van der Waals surface area contributed by atoms with Gasteiger partial charge in [-0.1, -0.05) is 44.2 Å². The predicted molar refractivity (Wildman–Crippen MR) is 141 cm³/mol. The molecule has 1 atom stereocenters. The maximum absolute atomic E-state index is 13.4. The maximum Gasteiger partial charge on any atom is 0.300 e. The van der Waals surface area contributed by atoms with Crippen molar-refractivity contribution < 1.29 is 24.5 Å². The van der Waals surface area contributed by atoms with E-state index in [9.17, 15) is 19.8 Å². The molecule has 6 heteroatoms. The van der Waals surface area contributed by atoms with Crippen molar-refractivity contribution in [3.8, 4) is 11.5 Å². The Balaban J connectivity index is 1.94. The number of aliphatic hydroxyl groups excluding tert-OH is 1. The van der Waals surface area contributed by atoms with E-state index >= 15 is 0 Å². The molecule has 0 bridgehead atoms. The number of carbonyl (C=O) groups excluding carboxylic acids is 2. The van der Waals surface area contributed by atoms with Gasteiger partial charge >= 0.3 is 0 Å². The highest BCUT2D eigenvalue weighted by Gasteiger charge is 2.47. The van der Waals surface area contributed by atoms with Crippen LogP contribution in [-0.2, 0) is 9.59 Å². The number of hydrogen-bond acceptors (Lipinski definition) is 5. The van der Waals surface area contributed by atoms with E-state index in [1.54, 1.807) is 31.2 Å². The lowest BCUT2D eigenvalue weighted by Gasteiger charge is -2.26. The summed E-state index contributed by atoms with van der Waals surface area (Å²) in [4.78, 5) is 28.2. The number of phenols is 1. The molecule has 3 aromatic carbocycles. The summed E-state index contributed by atoms with van der Waals surface area (Å²) >= 11 is 0. The molecule has 0 saturated carbocycles. The average molecular weight is 486 g/mol. The van der Waals surface area contributed by atoms with Gasteiger partial charge in [-0.15, -0.1) is 0 Å². The van der Waals surface area contributed by atoms with Crippen LogP contribution in [0, 0.1) is 13.8 Å². The Bertz CT molecular complexity index is 1350. The minimum absolute atomic E-state index is 0.00988. The van der Waals surface area contributed by atoms with Crippen LogP contribution in [0.3, 0.4) is 0 Å². The fraction of sp³-hybridized carbons (Fsp3) is 0.267. The zero-order valence-electron chi connectivity index (χ0n) is 21.2. The molecule has 0 spiro atoms. The normalized spacial score (nSPS) is 17.2. The molecule has 1 heterocycles. The van der Waals surface area contributed by atoms with Crippen LogP contribution < -0.4 is 9.64 Å². The van der Waals surface area contributed by atoms with Gasteiger partial charge in [0.05, 0.1) is 18.2 Å². The van der Waals surface area contributed by atoms with Gasteiger partial charge < -0.3 is 14.9 Å². The van der Waals surface area contributed by atoms with Gasteiger partial charge in [0.2, 0.25) is 0 Å². The second kappa shape index (κ2) is 9.90. The van der Waals surface area contributed by atoms with E-state index in [0.717, 1.165) is 16.7 Å². The van der Waals surface area contributed by atoms with Crippen LogP contribution >= 0.6 is 0 Å². The fourth-order valence-electron chi connectivity index (χ4n) is 4.45. The van der Waals surface area contributed by atoms with E-state index < -0.39 is 17.7 Å².